The van der Waals surface area contributed by atoms with Gasteiger partial charge in [0, 0.05) is 48.7 Å². The van der Waals surface area contributed by atoms with Gasteiger partial charge in [0.25, 0.3) is 0 Å². The Balaban J connectivity index is 0.00000240. The molecule has 1 N–H and O–H groups in total. The van der Waals surface area contributed by atoms with Gasteiger partial charge in [-0.25, -0.2) is 0 Å². The van der Waals surface area contributed by atoms with Crippen molar-refractivity contribution in [1.29, 1.82) is 0 Å². The fraction of sp³-hybridized carbons (Fsp3) is 0.550. The average Bonchev–Trinajstić information content (AvgIpc) is 3.44. The van der Waals surface area contributed by atoms with Crippen LogP contribution in [0.4, 0.5) is 0 Å². The maximum absolute atomic E-state index is 6.03. The fourth-order valence-corrected chi connectivity index (χ4v) is 4.06. The van der Waals surface area contributed by atoms with E-state index >= 15 is 0 Å². The van der Waals surface area contributed by atoms with Crippen molar-refractivity contribution in [2.45, 2.75) is 26.2 Å². The minimum atomic E-state index is 0. The van der Waals surface area contributed by atoms with E-state index in [0.29, 0.717) is 35.1 Å². The zero-order chi connectivity index (χ0) is 19.4. The van der Waals surface area contributed by atoms with Crippen molar-refractivity contribution in [2.24, 2.45) is 10.4 Å². The van der Waals surface area contributed by atoms with E-state index in [1.807, 2.05) is 24.3 Å². The lowest BCUT2D eigenvalue weighted by molar-refractivity contribution is 0.156. The first-order valence-corrected chi connectivity index (χ1v) is 10.2. The lowest BCUT2D eigenvalue weighted by Crippen LogP contribution is -2.41. The number of nitrogens with zero attached hydrogens (tertiary/aromatic N) is 4. The second-order valence-corrected chi connectivity index (χ2v) is 7.92. The van der Waals surface area contributed by atoms with Gasteiger partial charge in [0.2, 0.25) is 11.7 Å². The van der Waals surface area contributed by atoms with E-state index in [4.69, 9.17) is 25.9 Å². The molecule has 2 saturated heterocycles. The van der Waals surface area contributed by atoms with E-state index in [1.165, 1.54) is 6.42 Å². The number of ether oxygens (including phenoxy) is 1. The van der Waals surface area contributed by atoms with E-state index in [9.17, 15) is 0 Å². The molecule has 1 aromatic carbocycles. The SMILES string of the molecule is CCNC(=NCCc1nc(-c2cccc(Cl)c2)no1)N1CCC2(CCOC2)C1.I. The molecule has 1 aromatic heterocycles. The van der Waals surface area contributed by atoms with E-state index in [-0.39, 0.29) is 24.0 Å². The number of guanidine groups is 1. The van der Waals surface area contributed by atoms with Gasteiger partial charge in [0.15, 0.2) is 5.96 Å². The Morgan fingerprint density at radius 2 is 2.28 bits per heavy atom. The lowest BCUT2D eigenvalue weighted by Gasteiger charge is -2.24. The summed E-state index contributed by atoms with van der Waals surface area (Å²) in [5.74, 6) is 2.09. The number of benzene rings is 1. The number of hydrogen-bond donors (Lipinski definition) is 1. The molecule has 0 amide bonds. The summed E-state index contributed by atoms with van der Waals surface area (Å²) in [5, 5.41) is 8.11. The predicted octanol–water partition coefficient (Wildman–Crippen LogP) is 3.63. The summed E-state index contributed by atoms with van der Waals surface area (Å²) >= 11 is 6.03. The first-order chi connectivity index (χ1) is 13.7. The smallest absolute Gasteiger partial charge is 0.228 e. The first-order valence-electron chi connectivity index (χ1n) is 9.87. The molecular formula is C20H27ClIN5O2. The van der Waals surface area contributed by atoms with Gasteiger partial charge < -0.3 is 19.5 Å². The zero-order valence-corrected chi connectivity index (χ0v) is 19.7. The van der Waals surface area contributed by atoms with Gasteiger partial charge in [-0.1, -0.05) is 28.9 Å². The molecule has 1 spiro atoms. The molecule has 0 bridgehead atoms. The van der Waals surface area contributed by atoms with Gasteiger partial charge in [0.1, 0.15) is 0 Å². The molecule has 158 valence electrons. The third kappa shape index (κ3) is 5.40. The Labute approximate surface area is 193 Å². The number of nitrogens with one attached hydrogen (secondary N) is 1. The van der Waals surface area contributed by atoms with E-state index in [0.717, 1.165) is 50.8 Å². The normalized spacial score (nSPS) is 21.6. The molecule has 0 saturated carbocycles. The highest BCUT2D eigenvalue weighted by Gasteiger charge is 2.42. The van der Waals surface area contributed by atoms with Crippen LogP contribution < -0.4 is 5.32 Å². The molecule has 2 fully saturated rings. The first kappa shape index (κ1) is 22.3. The summed E-state index contributed by atoms with van der Waals surface area (Å²) in [4.78, 5) is 11.6. The third-order valence-electron chi connectivity index (χ3n) is 5.40. The molecular weight excluding hydrogens is 505 g/mol. The van der Waals surface area contributed by atoms with Crippen molar-refractivity contribution >= 4 is 41.5 Å². The van der Waals surface area contributed by atoms with Gasteiger partial charge in [-0.15, -0.1) is 24.0 Å². The summed E-state index contributed by atoms with van der Waals surface area (Å²) in [5.41, 5.74) is 1.16. The number of hydrogen-bond acceptors (Lipinski definition) is 5. The highest BCUT2D eigenvalue weighted by molar-refractivity contribution is 14.0. The molecule has 9 heteroatoms. The quantitative estimate of drug-likeness (QED) is 0.361. The Kier molecular flexibility index (Phi) is 7.75. The van der Waals surface area contributed by atoms with Crippen molar-refractivity contribution in [3.8, 4) is 11.4 Å². The average molecular weight is 532 g/mol. The van der Waals surface area contributed by atoms with Crippen LogP contribution in [0.3, 0.4) is 0 Å². The summed E-state index contributed by atoms with van der Waals surface area (Å²) in [7, 11) is 0. The highest BCUT2D eigenvalue weighted by atomic mass is 127. The summed E-state index contributed by atoms with van der Waals surface area (Å²) in [6.07, 6.45) is 2.92. The summed E-state index contributed by atoms with van der Waals surface area (Å²) < 4.78 is 11.0. The van der Waals surface area contributed by atoms with Crippen LogP contribution in [-0.4, -0.2) is 60.4 Å². The van der Waals surface area contributed by atoms with Crippen LogP contribution in [0.15, 0.2) is 33.8 Å². The van der Waals surface area contributed by atoms with Crippen molar-refractivity contribution in [1.82, 2.24) is 20.4 Å². The van der Waals surface area contributed by atoms with Crippen molar-refractivity contribution in [2.75, 3.05) is 39.4 Å². The Bertz CT molecular complexity index is 838. The van der Waals surface area contributed by atoms with Crippen LogP contribution in [0.25, 0.3) is 11.4 Å². The number of rotatable bonds is 5. The second kappa shape index (κ2) is 10.1. The van der Waals surface area contributed by atoms with Gasteiger partial charge in [-0.05, 0) is 31.9 Å². The Morgan fingerprint density at radius 3 is 3.03 bits per heavy atom. The van der Waals surface area contributed by atoms with Crippen LogP contribution in [0.2, 0.25) is 5.02 Å². The maximum atomic E-state index is 6.03. The minimum absolute atomic E-state index is 0. The molecule has 2 aliphatic rings. The Morgan fingerprint density at radius 1 is 1.38 bits per heavy atom. The van der Waals surface area contributed by atoms with Crippen molar-refractivity contribution in [3.63, 3.8) is 0 Å². The van der Waals surface area contributed by atoms with Gasteiger partial charge in [0.05, 0.1) is 13.2 Å². The molecule has 29 heavy (non-hydrogen) atoms. The zero-order valence-electron chi connectivity index (χ0n) is 16.6. The molecule has 0 radical (unpaired) electrons. The van der Waals surface area contributed by atoms with Crippen molar-refractivity contribution in [3.05, 3.63) is 35.2 Å². The van der Waals surface area contributed by atoms with E-state index < -0.39 is 0 Å². The molecule has 0 aliphatic carbocycles. The van der Waals surface area contributed by atoms with Gasteiger partial charge in [-0.3, -0.25) is 4.99 Å². The third-order valence-corrected chi connectivity index (χ3v) is 5.63. The maximum Gasteiger partial charge on any atom is 0.228 e. The van der Waals surface area contributed by atoms with E-state index in [1.54, 1.807) is 0 Å². The number of halogens is 2. The topological polar surface area (TPSA) is 75.8 Å². The number of aliphatic imine (C=N–C) groups is 1. The largest absolute Gasteiger partial charge is 0.381 e. The van der Waals surface area contributed by atoms with Gasteiger partial charge in [-0.2, -0.15) is 4.98 Å². The van der Waals surface area contributed by atoms with Crippen molar-refractivity contribution < 1.29 is 9.26 Å². The molecule has 1 unspecified atom stereocenters. The monoisotopic (exact) mass is 531 g/mol. The molecule has 3 heterocycles. The molecule has 7 nitrogen and oxygen atoms in total. The lowest BCUT2D eigenvalue weighted by atomic mass is 9.87. The summed E-state index contributed by atoms with van der Waals surface area (Å²) in [6.45, 7) is 7.32. The molecule has 4 rings (SSSR count). The second-order valence-electron chi connectivity index (χ2n) is 7.48. The number of likely N-dealkylation sites (tertiary alicyclic amines) is 1. The number of aromatic nitrogens is 2. The molecule has 2 aromatic rings. The summed E-state index contributed by atoms with van der Waals surface area (Å²) in [6, 6.07) is 7.44. The fourth-order valence-electron chi connectivity index (χ4n) is 3.87. The minimum Gasteiger partial charge on any atom is -0.381 e. The molecule has 2 aliphatic heterocycles. The molecule has 1 atom stereocenters. The standard InChI is InChI=1S/C20H26ClN5O2.HI/c1-2-22-19(26-10-7-20(13-26)8-11-27-14-20)23-9-6-17-24-18(25-28-17)15-4-3-5-16(21)12-15;/h3-5,12H,2,6-11,13-14H2,1H3,(H,22,23);1H. The highest BCUT2D eigenvalue weighted by Crippen LogP contribution is 2.38. The Hall–Kier alpha value is -1.39. The predicted molar refractivity (Wildman–Crippen MR) is 124 cm³/mol. The van der Waals surface area contributed by atoms with Crippen LogP contribution in [0.1, 0.15) is 25.7 Å². The van der Waals surface area contributed by atoms with E-state index in [2.05, 4.69) is 27.3 Å². The van der Waals surface area contributed by atoms with Crippen LogP contribution >= 0.6 is 35.6 Å². The van der Waals surface area contributed by atoms with Crippen LogP contribution in [-0.2, 0) is 11.2 Å². The van der Waals surface area contributed by atoms with Gasteiger partial charge >= 0.3 is 0 Å². The van der Waals surface area contributed by atoms with Crippen LogP contribution in [0, 0.1) is 5.41 Å². The van der Waals surface area contributed by atoms with Crippen LogP contribution in [0.5, 0.6) is 0 Å².